The Labute approximate surface area is 120 Å². The molecule has 1 aliphatic heterocycles. The molecule has 5 heteroatoms. The summed E-state index contributed by atoms with van der Waals surface area (Å²) in [6.45, 7) is 6.82. The number of rotatable bonds is 4. The zero-order valence-electron chi connectivity index (χ0n) is 12.2. The van der Waals surface area contributed by atoms with Gasteiger partial charge in [-0.05, 0) is 37.3 Å². The average Bonchev–Trinajstić information content (AvgIpc) is 2.89. The molecule has 0 N–H and O–H groups in total. The van der Waals surface area contributed by atoms with Gasteiger partial charge in [0.05, 0.1) is 4.90 Å². The fourth-order valence-electron chi connectivity index (χ4n) is 2.54. The molecule has 1 heterocycles. The molecule has 1 saturated heterocycles. The maximum absolute atomic E-state index is 12.6. The summed E-state index contributed by atoms with van der Waals surface area (Å²) >= 11 is 0. The Morgan fingerprint density at radius 3 is 2.60 bits per heavy atom. The smallest absolute Gasteiger partial charge is 0.243 e. The van der Waals surface area contributed by atoms with E-state index in [2.05, 4.69) is 13.8 Å². The molecule has 1 atom stereocenters. The Morgan fingerprint density at radius 2 is 2.05 bits per heavy atom. The van der Waals surface area contributed by atoms with E-state index < -0.39 is 10.0 Å². The number of ketones is 1. The molecule has 2 rings (SSSR count). The van der Waals surface area contributed by atoms with Crippen LogP contribution in [-0.2, 0) is 10.0 Å². The molecule has 0 saturated carbocycles. The van der Waals surface area contributed by atoms with Gasteiger partial charge in [0.15, 0.2) is 5.78 Å². The van der Waals surface area contributed by atoms with Gasteiger partial charge in [0.2, 0.25) is 10.0 Å². The maximum Gasteiger partial charge on any atom is 0.243 e. The maximum atomic E-state index is 12.6. The Morgan fingerprint density at radius 1 is 1.35 bits per heavy atom. The minimum atomic E-state index is -3.48. The zero-order chi connectivity index (χ0) is 14.9. The lowest BCUT2D eigenvalue weighted by Gasteiger charge is -2.18. The van der Waals surface area contributed by atoms with Crippen molar-refractivity contribution in [3.63, 3.8) is 0 Å². The first-order chi connectivity index (χ1) is 9.32. The second-order valence-corrected chi connectivity index (χ2v) is 7.68. The van der Waals surface area contributed by atoms with Gasteiger partial charge in [0.25, 0.3) is 0 Å². The van der Waals surface area contributed by atoms with Gasteiger partial charge >= 0.3 is 0 Å². The summed E-state index contributed by atoms with van der Waals surface area (Å²) < 4.78 is 26.7. The van der Waals surface area contributed by atoms with Gasteiger partial charge in [0.1, 0.15) is 0 Å². The number of sulfonamides is 1. The number of hydrogen-bond donors (Lipinski definition) is 0. The molecule has 0 amide bonds. The number of benzene rings is 1. The quantitative estimate of drug-likeness (QED) is 0.802. The Bertz CT molecular complexity index is 607. The SMILES string of the molecule is CC(=O)c1cccc(S(=O)(=O)N2CCC(C(C)C)C2)c1. The number of carbonyl (C=O) groups is 1. The monoisotopic (exact) mass is 295 g/mol. The van der Waals surface area contributed by atoms with Gasteiger partial charge in [-0.25, -0.2) is 8.42 Å². The van der Waals surface area contributed by atoms with E-state index in [1.807, 2.05) is 0 Å². The number of Topliss-reactive ketones (excluding diaryl/α,β-unsaturated/α-hetero) is 1. The van der Waals surface area contributed by atoms with Crippen molar-refractivity contribution in [2.24, 2.45) is 11.8 Å². The minimum absolute atomic E-state index is 0.122. The van der Waals surface area contributed by atoms with Crippen molar-refractivity contribution in [2.75, 3.05) is 13.1 Å². The topological polar surface area (TPSA) is 54.5 Å². The molecular weight excluding hydrogens is 274 g/mol. The lowest BCUT2D eigenvalue weighted by Crippen LogP contribution is -2.29. The van der Waals surface area contributed by atoms with Crippen molar-refractivity contribution in [1.82, 2.24) is 4.31 Å². The lowest BCUT2D eigenvalue weighted by molar-refractivity contribution is 0.101. The fourth-order valence-corrected chi connectivity index (χ4v) is 4.10. The average molecular weight is 295 g/mol. The second-order valence-electron chi connectivity index (χ2n) is 5.74. The Kier molecular flexibility index (Phi) is 4.30. The van der Waals surface area contributed by atoms with Gasteiger partial charge in [0, 0.05) is 18.7 Å². The summed E-state index contributed by atoms with van der Waals surface area (Å²) in [5.74, 6) is 0.781. The first-order valence-electron chi connectivity index (χ1n) is 6.93. The molecule has 0 bridgehead atoms. The Balaban J connectivity index is 2.27. The van der Waals surface area contributed by atoms with Crippen LogP contribution in [0.1, 0.15) is 37.6 Å². The van der Waals surface area contributed by atoms with Crippen molar-refractivity contribution in [3.05, 3.63) is 29.8 Å². The first-order valence-corrected chi connectivity index (χ1v) is 8.37. The van der Waals surface area contributed by atoms with Crippen LogP contribution in [0.4, 0.5) is 0 Å². The van der Waals surface area contributed by atoms with Crippen molar-refractivity contribution >= 4 is 15.8 Å². The summed E-state index contributed by atoms with van der Waals surface area (Å²) in [5, 5.41) is 0. The molecule has 1 fully saturated rings. The molecule has 4 nitrogen and oxygen atoms in total. The van der Waals surface area contributed by atoms with Crippen LogP contribution in [0.5, 0.6) is 0 Å². The summed E-state index contributed by atoms with van der Waals surface area (Å²) in [6, 6.07) is 6.30. The van der Waals surface area contributed by atoms with Crippen LogP contribution >= 0.6 is 0 Å². The highest BCUT2D eigenvalue weighted by molar-refractivity contribution is 7.89. The largest absolute Gasteiger partial charge is 0.295 e. The molecule has 1 aromatic carbocycles. The number of hydrogen-bond acceptors (Lipinski definition) is 3. The van der Waals surface area contributed by atoms with Crippen molar-refractivity contribution in [1.29, 1.82) is 0 Å². The molecule has 0 aliphatic carbocycles. The number of carbonyl (C=O) groups excluding carboxylic acids is 1. The summed E-state index contributed by atoms with van der Waals surface area (Å²) in [5.41, 5.74) is 0.436. The van der Waals surface area contributed by atoms with Crippen LogP contribution in [0, 0.1) is 11.8 Å². The normalized spacial score (nSPS) is 20.5. The molecule has 20 heavy (non-hydrogen) atoms. The summed E-state index contributed by atoms with van der Waals surface area (Å²) in [6.07, 6.45) is 0.906. The number of nitrogens with zero attached hydrogens (tertiary/aromatic N) is 1. The van der Waals surface area contributed by atoms with Gasteiger partial charge in [-0.2, -0.15) is 4.31 Å². The third kappa shape index (κ3) is 2.94. The molecular formula is C15H21NO3S. The van der Waals surface area contributed by atoms with Gasteiger partial charge in [-0.3, -0.25) is 4.79 Å². The zero-order valence-corrected chi connectivity index (χ0v) is 13.0. The van der Waals surface area contributed by atoms with Crippen LogP contribution in [0.2, 0.25) is 0 Å². The highest BCUT2D eigenvalue weighted by atomic mass is 32.2. The fraction of sp³-hybridized carbons (Fsp3) is 0.533. The van der Waals surface area contributed by atoms with Crippen molar-refractivity contribution in [2.45, 2.75) is 32.1 Å². The van der Waals surface area contributed by atoms with E-state index in [1.165, 1.54) is 17.3 Å². The van der Waals surface area contributed by atoms with Crippen LogP contribution in [-0.4, -0.2) is 31.6 Å². The van der Waals surface area contributed by atoms with Crippen LogP contribution in [0.3, 0.4) is 0 Å². The van der Waals surface area contributed by atoms with E-state index >= 15 is 0 Å². The third-order valence-corrected chi connectivity index (χ3v) is 5.87. The molecule has 0 spiro atoms. The highest BCUT2D eigenvalue weighted by Gasteiger charge is 2.33. The molecule has 110 valence electrons. The van der Waals surface area contributed by atoms with Crippen molar-refractivity contribution in [3.8, 4) is 0 Å². The van der Waals surface area contributed by atoms with E-state index in [-0.39, 0.29) is 10.7 Å². The van der Waals surface area contributed by atoms with Crippen LogP contribution in [0.25, 0.3) is 0 Å². The van der Waals surface area contributed by atoms with Crippen LogP contribution in [0.15, 0.2) is 29.2 Å². The molecule has 0 aromatic heterocycles. The van der Waals surface area contributed by atoms with E-state index in [1.54, 1.807) is 18.2 Å². The minimum Gasteiger partial charge on any atom is -0.295 e. The predicted octanol–water partition coefficient (Wildman–Crippen LogP) is 2.56. The third-order valence-electron chi connectivity index (χ3n) is 4.01. The molecule has 0 radical (unpaired) electrons. The summed E-state index contributed by atoms with van der Waals surface area (Å²) in [7, 11) is -3.48. The Hall–Kier alpha value is -1.20. The van der Waals surface area contributed by atoms with Crippen LogP contribution < -0.4 is 0 Å². The lowest BCUT2D eigenvalue weighted by atomic mass is 9.96. The van der Waals surface area contributed by atoms with Crippen molar-refractivity contribution < 1.29 is 13.2 Å². The van der Waals surface area contributed by atoms with E-state index in [0.717, 1.165) is 6.42 Å². The first kappa shape index (κ1) is 15.2. The summed E-state index contributed by atoms with van der Waals surface area (Å²) in [4.78, 5) is 11.6. The van der Waals surface area contributed by atoms with E-state index in [0.29, 0.717) is 30.5 Å². The van der Waals surface area contributed by atoms with Gasteiger partial charge < -0.3 is 0 Å². The van der Waals surface area contributed by atoms with E-state index in [9.17, 15) is 13.2 Å². The van der Waals surface area contributed by atoms with E-state index in [4.69, 9.17) is 0 Å². The van der Waals surface area contributed by atoms with Gasteiger partial charge in [-0.15, -0.1) is 0 Å². The van der Waals surface area contributed by atoms with Gasteiger partial charge in [-0.1, -0.05) is 26.0 Å². The predicted molar refractivity (Wildman–Crippen MR) is 78.2 cm³/mol. The highest BCUT2D eigenvalue weighted by Crippen LogP contribution is 2.28. The molecule has 1 unspecified atom stereocenters. The second kappa shape index (κ2) is 5.66. The standard InChI is InChI=1S/C15H21NO3S/c1-11(2)14-7-8-16(10-14)20(18,19)15-6-4-5-13(9-15)12(3)17/h4-6,9,11,14H,7-8,10H2,1-3H3. The molecule has 1 aromatic rings. The molecule has 1 aliphatic rings.